The fourth-order valence-corrected chi connectivity index (χ4v) is 3.41. The van der Waals surface area contributed by atoms with E-state index in [0.29, 0.717) is 16.5 Å². The van der Waals surface area contributed by atoms with Gasteiger partial charge in [-0.1, -0.05) is 37.2 Å². The van der Waals surface area contributed by atoms with Gasteiger partial charge in [0.25, 0.3) is 0 Å². The maximum absolute atomic E-state index is 12.3. The van der Waals surface area contributed by atoms with E-state index in [9.17, 15) is 4.79 Å². The Hall–Kier alpha value is -1.73. The number of carbonyl (C=O) groups excluding carboxylic acids is 1. The third-order valence-electron chi connectivity index (χ3n) is 3.49. The average molecular weight is 383 g/mol. The summed E-state index contributed by atoms with van der Waals surface area (Å²) < 4.78 is 7.31. The molecule has 0 saturated carbocycles. The number of hydrogen-bond donors (Lipinski definition) is 1. The number of methoxy groups -OCH3 is 1. The number of nitrogens with one attached hydrogen (secondary N) is 1. The molecule has 136 valence electrons. The van der Waals surface area contributed by atoms with Crippen LogP contribution in [0.15, 0.2) is 23.4 Å². The van der Waals surface area contributed by atoms with E-state index in [4.69, 9.17) is 16.3 Å². The average Bonchev–Trinajstić information content (AvgIpc) is 2.97. The van der Waals surface area contributed by atoms with Crippen LogP contribution < -0.4 is 10.1 Å². The van der Waals surface area contributed by atoms with Crippen molar-refractivity contribution in [1.29, 1.82) is 0 Å². The normalized spacial score (nSPS) is 11.2. The molecule has 0 fully saturated rings. The zero-order valence-electron chi connectivity index (χ0n) is 15.0. The molecule has 0 saturated heterocycles. The highest BCUT2D eigenvalue weighted by Gasteiger charge is 2.18. The Morgan fingerprint density at radius 3 is 2.64 bits per heavy atom. The minimum Gasteiger partial charge on any atom is -0.495 e. The molecule has 0 aliphatic carbocycles. The molecule has 0 aliphatic rings. The molecule has 1 aromatic carbocycles. The van der Waals surface area contributed by atoms with Crippen LogP contribution in [0.5, 0.6) is 5.75 Å². The number of thioether (sulfide) groups is 1. The summed E-state index contributed by atoms with van der Waals surface area (Å²) in [6, 6.07) is 5.32. The predicted molar refractivity (Wildman–Crippen MR) is 102 cm³/mol. The van der Waals surface area contributed by atoms with Gasteiger partial charge in [0, 0.05) is 17.0 Å². The highest BCUT2D eigenvalue weighted by molar-refractivity contribution is 7.99. The Bertz CT molecular complexity index is 746. The summed E-state index contributed by atoms with van der Waals surface area (Å²) >= 11 is 7.35. The van der Waals surface area contributed by atoms with Crippen LogP contribution in [0.25, 0.3) is 0 Å². The van der Waals surface area contributed by atoms with Gasteiger partial charge in [-0.25, -0.2) is 0 Å². The van der Waals surface area contributed by atoms with Crippen LogP contribution in [-0.2, 0) is 4.79 Å². The zero-order valence-corrected chi connectivity index (χ0v) is 16.6. The summed E-state index contributed by atoms with van der Waals surface area (Å²) in [6.45, 7) is 8.32. The number of carbonyl (C=O) groups is 1. The number of hydrogen-bond acceptors (Lipinski definition) is 5. The molecule has 0 aliphatic heterocycles. The monoisotopic (exact) mass is 382 g/mol. The zero-order chi connectivity index (χ0) is 18.6. The van der Waals surface area contributed by atoms with E-state index in [1.807, 2.05) is 0 Å². The van der Waals surface area contributed by atoms with Gasteiger partial charge in [0.2, 0.25) is 5.91 Å². The van der Waals surface area contributed by atoms with Crippen molar-refractivity contribution in [1.82, 2.24) is 14.8 Å². The van der Waals surface area contributed by atoms with Crippen LogP contribution in [0.4, 0.5) is 5.69 Å². The minimum atomic E-state index is -0.157. The Labute approximate surface area is 157 Å². The van der Waals surface area contributed by atoms with Crippen molar-refractivity contribution in [3.63, 3.8) is 0 Å². The van der Waals surface area contributed by atoms with E-state index >= 15 is 0 Å². The fraction of sp³-hybridized carbons (Fsp3) is 0.471. The second-order valence-electron chi connectivity index (χ2n) is 6.14. The summed E-state index contributed by atoms with van der Waals surface area (Å²) in [7, 11) is 1.55. The fourth-order valence-electron chi connectivity index (χ4n) is 2.36. The van der Waals surface area contributed by atoms with Crippen molar-refractivity contribution in [3.8, 4) is 5.75 Å². The molecule has 6 nitrogen and oxygen atoms in total. The van der Waals surface area contributed by atoms with Crippen molar-refractivity contribution >= 4 is 35.0 Å². The molecule has 1 N–H and O–H groups in total. The first-order valence-corrected chi connectivity index (χ1v) is 9.40. The van der Waals surface area contributed by atoms with Crippen molar-refractivity contribution in [3.05, 3.63) is 29.0 Å². The summed E-state index contributed by atoms with van der Waals surface area (Å²) in [5, 5.41) is 12.6. The Kier molecular flexibility index (Phi) is 6.72. The van der Waals surface area contributed by atoms with E-state index < -0.39 is 0 Å². The lowest BCUT2D eigenvalue weighted by Gasteiger charge is -2.15. The smallest absolute Gasteiger partial charge is 0.234 e. The van der Waals surface area contributed by atoms with Gasteiger partial charge in [0.15, 0.2) is 5.16 Å². The molecule has 8 heteroatoms. The molecular formula is C17H23ClN4O2S. The number of nitrogens with zero attached hydrogens (tertiary/aromatic N) is 3. The highest BCUT2D eigenvalue weighted by Crippen LogP contribution is 2.29. The van der Waals surface area contributed by atoms with E-state index in [-0.39, 0.29) is 23.6 Å². The molecule has 0 radical (unpaired) electrons. The van der Waals surface area contributed by atoms with Crippen LogP contribution in [0.3, 0.4) is 0 Å². The lowest BCUT2D eigenvalue weighted by atomic mass is 10.2. The lowest BCUT2D eigenvalue weighted by Crippen LogP contribution is -2.16. The second kappa shape index (κ2) is 8.58. The molecule has 1 heterocycles. The van der Waals surface area contributed by atoms with Crippen LogP contribution >= 0.6 is 23.4 Å². The number of anilines is 1. The lowest BCUT2D eigenvalue weighted by molar-refractivity contribution is -0.113. The van der Waals surface area contributed by atoms with Crippen LogP contribution in [0.1, 0.15) is 45.5 Å². The third-order valence-corrected chi connectivity index (χ3v) is 4.67. The number of aromatic nitrogens is 3. The van der Waals surface area contributed by atoms with Crippen LogP contribution in [-0.4, -0.2) is 33.5 Å². The number of rotatable bonds is 7. The van der Waals surface area contributed by atoms with Gasteiger partial charge >= 0.3 is 0 Å². The molecule has 1 amide bonds. The van der Waals surface area contributed by atoms with Crippen molar-refractivity contribution < 1.29 is 9.53 Å². The SMILES string of the molecule is COc1ccc(Cl)cc1NC(=O)CSc1nnc(C(C)C)n1C(C)C. The van der Waals surface area contributed by atoms with Gasteiger partial charge < -0.3 is 14.6 Å². The topological polar surface area (TPSA) is 69.0 Å². The number of benzene rings is 1. The van der Waals surface area contributed by atoms with Gasteiger partial charge in [-0.3, -0.25) is 4.79 Å². The maximum atomic E-state index is 12.3. The van der Waals surface area contributed by atoms with E-state index in [2.05, 4.69) is 47.8 Å². The molecule has 25 heavy (non-hydrogen) atoms. The quantitative estimate of drug-likeness (QED) is 0.720. The molecule has 0 atom stereocenters. The highest BCUT2D eigenvalue weighted by atomic mass is 35.5. The largest absolute Gasteiger partial charge is 0.495 e. The first kappa shape index (κ1) is 19.6. The van der Waals surface area contributed by atoms with Crippen LogP contribution in [0, 0.1) is 0 Å². The minimum absolute atomic E-state index is 0.157. The Morgan fingerprint density at radius 1 is 1.32 bits per heavy atom. The maximum Gasteiger partial charge on any atom is 0.234 e. The van der Waals surface area contributed by atoms with Crippen molar-refractivity contribution in [2.24, 2.45) is 0 Å². The summed E-state index contributed by atoms with van der Waals surface area (Å²) in [4.78, 5) is 12.3. The molecule has 2 aromatic rings. The van der Waals surface area contributed by atoms with E-state index in [1.165, 1.54) is 11.8 Å². The van der Waals surface area contributed by atoms with Crippen molar-refractivity contribution in [2.75, 3.05) is 18.2 Å². The number of halogens is 1. The molecule has 0 spiro atoms. The predicted octanol–water partition coefficient (Wildman–Crippen LogP) is 4.38. The second-order valence-corrected chi connectivity index (χ2v) is 7.52. The number of ether oxygens (including phenoxy) is 1. The van der Waals surface area contributed by atoms with E-state index in [0.717, 1.165) is 11.0 Å². The molecule has 0 bridgehead atoms. The summed E-state index contributed by atoms with van der Waals surface area (Å²) in [5.74, 6) is 1.83. The van der Waals surface area contributed by atoms with Gasteiger partial charge in [0.05, 0.1) is 18.6 Å². The van der Waals surface area contributed by atoms with Gasteiger partial charge in [-0.2, -0.15) is 0 Å². The van der Waals surface area contributed by atoms with Crippen molar-refractivity contribution in [2.45, 2.75) is 44.8 Å². The standard InChI is InChI=1S/C17H23ClN4O2S/c1-10(2)16-20-21-17(22(16)11(3)4)25-9-15(23)19-13-8-12(18)6-7-14(13)24-5/h6-8,10-11H,9H2,1-5H3,(H,19,23). The summed E-state index contributed by atoms with van der Waals surface area (Å²) in [5.41, 5.74) is 0.550. The molecular weight excluding hydrogens is 360 g/mol. The molecule has 2 rings (SSSR count). The first-order valence-electron chi connectivity index (χ1n) is 8.04. The Morgan fingerprint density at radius 2 is 2.04 bits per heavy atom. The summed E-state index contributed by atoms with van der Waals surface area (Å²) in [6.07, 6.45) is 0. The van der Waals surface area contributed by atoms with Gasteiger partial charge in [0.1, 0.15) is 11.6 Å². The third kappa shape index (κ3) is 4.89. The van der Waals surface area contributed by atoms with E-state index in [1.54, 1.807) is 25.3 Å². The molecule has 0 unspecified atom stereocenters. The molecule has 1 aromatic heterocycles. The Balaban J connectivity index is 2.07. The van der Waals surface area contributed by atoms with Gasteiger partial charge in [-0.15, -0.1) is 10.2 Å². The van der Waals surface area contributed by atoms with Crippen LogP contribution in [0.2, 0.25) is 5.02 Å². The number of amides is 1. The first-order chi connectivity index (χ1) is 11.8. The van der Waals surface area contributed by atoms with Gasteiger partial charge in [-0.05, 0) is 32.0 Å².